The van der Waals surface area contributed by atoms with Crippen LogP contribution in [-0.4, -0.2) is 19.3 Å². The average molecular weight is 275 g/mol. The fourth-order valence-electron chi connectivity index (χ4n) is 2.84. The molecule has 1 aliphatic heterocycles. The summed E-state index contributed by atoms with van der Waals surface area (Å²) in [7, 11) is 0. The molecule has 0 bridgehead atoms. The van der Waals surface area contributed by atoms with Crippen LogP contribution in [0.25, 0.3) is 0 Å². The van der Waals surface area contributed by atoms with Gasteiger partial charge in [0.15, 0.2) is 0 Å². The van der Waals surface area contributed by atoms with Crippen molar-refractivity contribution in [3.8, 4) is 0 Å². The van der Waals surface area contributed by atoms with E-state index in [1.165, 1.54) is 36.8 Å². The third kappa shape index (κ3) is 4.32. The van der Waals surface area contributed by atoms with Crippen molar-refractivity contribution < 1.29 is 4.74 Å². The highest BCUT2D eigenvalue weighted by Gasteiger charge is 2.24. The van der Waals surface area contributed by atoms with Gasteiger partial charge in [-0.15, -0.1) is 0 Å². The Labute approximate surface area is 123 Å². The number of hydrogen-bond donors (Lipinski definition) is 1. The van der Waals surface area contributed by atoms with E-state index in [4.69, 9.17) is 4.74 Å². The van der Waals surface area contributed by atoms with E-state index in [9.17, 15) is 0 Å². The molecule has 112 valence electrons. The van der Waals surface area contributed by atoms with E-state index in [1.54, 1.807) is 0 Å². The molecule has 2 heteroatoms. The van der Waals surface area contributed by atoms with Crippen LogP contribution in [0.2, 0.25) is 0 Å². The Balaban J connectivity index is 1.81. The van der Waals surface area contributed by atoms with Gasteiger partial charge in [0.25, 0.3) is 0 Å². The van der Waals surface area contributed by atoms with Crippen molar-refractivity contribution >= 4 is 0 Å². The van der Waals surface area contributed by atoms with Gasteiger partial charge >= 0.3 is 0 Å². The Morgan fingerprint density at radius 1 is 1.30 bits per heavy atom. The second-order valence-corrected chi connectivity index (χ2v) is 6.10. The van der Waals surface area contributed by atoms with Crippen molar-refractivity contribution in [3.05, 3.63) is 35.4 Å². The molecule has 0 aromatic heterocycles. The molecule has 20 heavy (non-hydrogen) atoms. The summed E-state index contributed by atoms with van der Waals surface area (Å²) in [6, 6.07) is 9.53. The first kappa shape index (κ1) is 15.5. The minimum Gasteiger partial charge on any atom is -0.378 e. The molecule has 2 nitrogen and oxygen atoms in total. The van der Waals surface area contributed by atoms with Gasteiger partial charge in [0.1, 0.15) is 0 Å². The standard InChI is InChI=1S/C18H29NO/c1-4-5-6-16-7-9-17(10-8-16)14(2)19-13-18-11-12-20-15(18)3/h7-10,14-15,18-19H,4-6,11-13H2,1-3H3. The van der Waals surface area contributed by atoms with Crippen LogP contribution in [0.5, 0.6) is 0 Å². The fraction of sp³-hybridized carbons (Fsp3) is 0.667. The molecular formula is C18H29NO. The third-order valence-electron chi connectivity index (χ3n) is 4.52. The molecular weight excluding hydrogens is 246 g/mol. The van der Waals surface area contributed by atoms with Crippen molar-refractivity contribution in [2.75, 3.05) is 13.2 Å². The Morgan fingerprint density at radius 3 is 2.65 bits per heavy atom. The van der Waals surface area contributed by atoms with Crippen LogP contribution in [0, 0.1) is 5.92 Å². The highest BCUT2D eigenvalue weighted by molar-refractivity contribution is 5.24. The maximum Gasteiger partial charge on any atom is 0.0588 e. The highest BCUT2D eigenvalue weighted by Crippen LogP contribution is 2.21. The minimum atomic E-state index is 0.408. The number of benzene rings is 1. The molecule has 0 amide bonds. The molecule has 0 saturated carbocycles. The number of ether oxygens (including phenoxy) is 1. The number of unbranched alkanes of at least 4 members (excludes halogenated alkanes) is 1. The zero-order valence-corrected chi connectivity index (χ0v) is 13.2. The lowest BCUT2D eigenvalue weighted by molar-refractivity contribution is 0.105. The SMILES string of the molecule is CCCCc1ccc(C(C)NCC2CCOC2C)cc1. The quantitative estimate of drug-likeness (QED) is 0.808. The van der Waals surface area contributed by atoms with Crippen molar-refractivity contribution in [1.82, 2.24) is 5.32 Å². The van der Waals surface area contributed by atoms with Gasteiger partial charge in [0.2, 0.25) is 0 Å². The molecule has 2 rings (SSSR count). The Bertz CT molecular complexity index is 387. The van der Waals surface area contributed by atoms with Crippen LogP contribution >= 0.6 is 0 Å². The molecule has 1 fully saturated rings. The van der Waals surface area contributed by atoms with Crippen molar-refractivity contribution in [1.29, 1.82) is 0 Å². The molecule has 1 saturated heterocycles. The zero-order valence-electron chi connectivity index (χ0n) is 13.2. The number of aryl methyl sites for hydroxylation is 1. The summed E-state index contributed by atoms with van der Waals surface area (Å²) in [5.41, 5.74) is 2.84. The van der Waals surface area contributed by atoms with E-state index < -0.39 is 0 Å². The molecule has 3 atom stereocenters. The average Bonchev–Trinajstić information content (AvgIpc) is 2.88. The molecule has 0 radical (unpaired) electrons. The topological polar surface area (TPSA) is 21.3 Å². The minimum absolute atomic E-state index is 0.408. The van der Waals surface area contributed by atoms with Gasteiger partial charge < -0.3 is 10.1 Å². The van der Waals surface area contributed by atoms with E-state index in [0.29, 0.717) is 18.1 Å². The molecule has 0 aliphatic carbocycles. The Kier molecular flexibility index (Phi) is 6.06. The molecule has 1 aromatic rings. The normalized spacial score (nSPS) is 23.9. The third-order valence-corrected chi connectivity index (χ3v) is 4.52. The molecule has 1 aromatic carbocycles. The van der Waals surface area contributed by atoms with Crippen LogP contribution in [-0.2, 0) is 11.2 Å². The molecule has 1 heterocycles. The summed E-state index contributed by atoms with van der Waals surface area (Å²) < 4.78 is 5.62. The summed E-state index contributed by atoms with van der Waals surface area (Å²) in [6.07, 6.45) is 5.35. The lowest BCUT2D eigenvalue weighted by Crippen LogP contribution is -2.29. The lowest BCUT2D eigenvalue weighted by Gasteiger charge is -2.19. The predicted molar refractivity (Wildman–Crippen MR) is 85.0 cm³/mol. The smallest absolute Gasteiger partial charge is 0.0588 e. The first-order chi connectivity index (χ1) is 9.70. The van der Waals surface area contributed by atoms with E-state index in [2.05, 4.69) is 50.4 Å². The van der Waals surface area contributed by atoms with Crippen molar-refractivity contribution in [2.45, 2.75) is 58.6 Å². The molecule has 0 spiro atoms. The van der Waals surface area contributed by atoms with Gasteiger partial charge in [-0.1, -0.05) is 37.6 Å². The number of rotatable bonds is 7. The van der Waals surface area contributed by atoms with E-state index >= 15 is 0 Å². The maximum absolute atomic E-state index is 5.62. The first-order valence-corrected chi connectivity index (χ1v) is 8.14. The van der Waals surface area contributed by atoms with E-state index in [0.717, 1.165) is 13.2 Å². The first-order valence-electron chi connectivity index (χ1n) is 8.14. The summed E-state index contributed by atoms with van der Waals surface area (Å²) in [5.74, 6) is 0.668. The van der Waals surface area contributed by atoms with Crippen LogP contribution < -0.4 is 5.32 Å². The largest absolute Gasteiger partial charge is 0.378 e. The van der Waals surface area contributed by atoms with Crippen LogP contribution in [0.4, 0.5) is 0 Å². The zero-order chi connectivity index (χ0) is 14.4. The monoisotopic (exact) mass is 275 g/mol. The van der Waals surface area contributed by atoms with Gasteiger partial charge in [-0.05, 0) is 50.2 Å². The van der Waals surface area contributed by atoms with Gasteiger partial charge in [0.05, 0.1) is 6.10 Å². The summed E-state index contributed by atoms with van der Waals surface area (Å²) in [5, 5.41) is 3.65. The summed E-state index contributed by atoms with van der Waals surface area (Å²) in [4.78, 5) is 0. The second kappa shape index (κ2) is 7.80. The number of hydrogen-bond acceptors (Lipinski definition) is 2. The van der Waals surface area contributed by atoms with Gasteiger partial charge in [-0.25, -0.2) is 0 Å². The van der Waals surface area contributed by atoms with Crippen molar-refractivity contribution in [3.63, 3.8) is 0 Å². The van der Waals surface area contributed by atoms with E-state index in [-0.39, 0.29) is 0 Å². The van der Waals surface area contributed by atoms with Crippen molar-refractivity contribution in [2.24, 2.45) is 5.92 Å². The second-order valence-electron chi connectivity index (χ2n) is 6.10. The van der Waals surface area contributed by atoms with Gasteiger partial charge in [0, 0.05) is 19.2 Å². The fourth-order valence-corrected chi connectivity index (χ4v) is 2.84. The highest BCUT2D eigenvalue weighted by atomic mass is 16.5. The van der Waals surface area contributed by atoms with Gasteiger partial charge in [-0.2, -0.15) is 0 Å². The summed E-state index contributed by atoms with van der Waals surface area (Å²) >= 11 is 0. The van der Waals surface area contributed by atoms with Gasteiger partial charge in [-0.3, -0.25) is 0 Å². The Morgan fingerprint density at radius 2 is 2.05 bits per heavy atom. The lowest BCUT2D eigenvalue weighted by atomic mass is 10.0. The molecule has 1 N–H and O–H groups in total. The molecule has 1 aliphatic rings. The predicted octanol–water partition coefficient (Wildman–Crippen LogP) is 4.10. The number of nitrogens with one attached hydrogen (secondary N) is 1. The Hall–Kier alpha value is -0.860. The van der Waals surface area contributed by atoms with Crippen LogP contribution in [0.15, 0.2) is 24.3 Å². The molecule has 3 unspecified atom stereocenters. The van der Waals surface area contributed by atoms with Crippen LogP contribution in [0.3, 0.4) is 0 Å². The summed E-state index contributed by atoms with van der Waals surface area (Å²) in [6.45, 7) is 8.66. The van der Waals surface area contributed by atoms with E-state index in [1.807, 2.05) is 0 Å². The van der Waals surface area contributed by atoms with Crippen LogP contribution in [0.1, 0.15) is 57.2 Å². The maximum atomic E-state index is 5.62.